The summed E-state index contributed by atoms with van der Waals surface area (Å²) < 4.78 is 24.7. The highest BCUT2D eigenvalue weighted by Crippen LogP contribution is 2.42. The summed E-state index contributed by atoms with van der Waals surface area (Å²) in [7, 11) is 3.09. The van der Waals surface area contributed by atoms with E-state index >= 15 is 0 Å². The van der Waals surface area contributed by atoms with Gasteiger partial charge in [-0.3, -0.25) is 14.7 Å². The van der Waals surface area contributed by atoms with Crippen LogP contribution in [-0.2, 0) is 0 Å². The van der Waals surface area contributed by atoms with E-state index in [1.54, 1.807) is 54.6 Å². The minimum Gasteiger partial charge on any atom is -0.497 e. The highest BCUT2D eigenvalue weighted by atomic mass is 19.1. The zero-order chi connectivity index (χ0) is 20.5. The number of benzene rings is 2. The molecule has 0 aliphatic carbocycles. The number of hydrogen-bond acceptors (Lipinski definition) is 5. The third-order valence-electron chi connectivity index (χ3n) is 4.94. The topological polar surface area (TPSA) is 63.7 Å². The quantitative estimate of drug-likeness (QED) is 0.700. The van der Waals surface area contributed by atoms with Gasteiger partial charge in [-0.15, -0.1) is 0 Å². The van der Waals surface area contributed by atoms with E-state index in [2.05, 4.69) is 10.3 Å². The minimum atomic E-state index is -0.639. The number of halogens is 1. The van der Waals surface area contributed by atoms with Crippen LogP contribution in [0, 0.1) is 12.7 Å². The zero-order valence-electron chi connectivity index (χ0n) is 16.3. The normalized spacial score (nSPS) is 15.2. The van der Waals surface area contributed by atoms with Crippen LogP contribution in [-0.4, -0.2) is 25.1 Å². The number of aryl methyl sites for hydroxylation is 1. The van der Waals surface area contributed by atoms with Crippen molar-refractivity contribution in [1.82, 2.24) is 4.98 Å². The van der Waals surface area contributed by atoms with Crippen molar-refractivity contribution in [3.63, 3.8) is 0 Å². The number of nitrogens with zero attached hydrogens (tertiary/aromatic N) is 2. The van der Waals surface area contributed by atoms with Gasteiger partial charge in [0.1, 0.15) is 17.3 Å². The molecule has 0 saturated carbocycles. The van der Waals surface area contributed by atoms with Gasteiger partial charge in [-0.05, 0) is 48.9 Å². The molecule has 1 aliphatic heterocycles. The largest absolute Gasteiger partial charge is 0.497 e. The lowest BCUT2D eigenvalue weighted by atomic mass is 10.1. The molecule has 3 aromatic rings. The number of fused-ring (bicyclic) bond motifs is 1. The van der Waals surface area contributed by atoms with Gasteiger partial charge in [0.15, 0.2) is 6.17 Å². The van der Waals surface area contributed by atoms with Gasteiger partial charge in [0.2, 0.25) is 0 Å². The molecule has 0 bridgehead atoms. The van der Waals surface area contributed by atoms with E-state index < -0.39 is 6.17 Å². The van der Waals surface area contributed by atoms with E-state index in [1.165, 1.54) is 19.2 Å². The molecule has 1 aromatic heterocycles. The number of aromatic nitrogens is 1. The van der Waals surface area contributed by atoms with Crippen LogP contribution in [0.5, 0.6) is 11.5 Å². The Balaban J connectivity index is 1.86. The highest BCUT2D eigenvalue weighted by molar-refractivity contribution is 6.11. The van der Waals surface area contributed by atoms with Crippen molar-refractivity contribution in [2.45, 2.75) is 13.1 Å². The van der Waals surface area contributed by atoms with Crippen LogP contribution in [0.15, 0.2) is 54.7 Å². The van der Waals surface area contributed by atoms with Gasteiger partial charge in [0.05, 0.1) is 31.2 Å². The van der Waals surface area contributed by atoms with Gasteiger partial charge in [-0.2, -0.15) is 0 Å². The smallest absolute Gasteiger partial charge is 0.262 e. The van der Waals surface area contributed by atoms with E-state index in [9.17, 15) is 9.18 Å². The number of ether oxygens (including phenoxy) is 2. The number of amides is 1. The maximum absolute atomic E-state index is 13.9. The Bertz CT molecular complexity index is 1090. The molecule has 29 heavy (non-hydrogen) atoms. The van der Waals surface area contributed by atoms with E-state index in [0.29, 0.717) is 34.1 Å². The average Bonchev–Trinajstić information content (AvgIpc) is 3.02. The Morgan fingerprint density at radius 3 is 2.69 bits per heavy atom. The number of anilines is 2. The number of pyridine rings is 1. The van der Waals surface area contributed by atoms with E-state index in [0.717, 1.165) is 5.56 Å². The van der Waals surface area contributed by atoms with Crippen molar-refractivity contribution in [1.29, 1.82) is 0 Å². The maximum atomic E-state index is 13.9. The van der Waals surface area contributed by atoms with Crippen LogP contribution in [0.1, 0.15) is 27.8 Å². The third-order valence-corrected chi connectivity index (χ3v) is 4.94. The van der Waals surface area contributed by atoms with Gasteiger partial charge in [0.25, 0.3) is 5.91 Å². The first-order chi connectivity index (χ1) is 14.0. The highest BCUT2D eigenvalue weighted by Gasteiger charge is 2.40. The summed E-state index contributed by atoms with van der Waals surface area (Å²) in [5.74, 6) is 0.494. The first-order valence-corrected chi connectivity index (χ1v) is 9.06. The number of carbonyl (C=O) groups is 1. The molecule has 2 heterocycles. The van der Waals surface area contributed by atoms with Crippen LogP contribution in [0.4, 0.5) is 15.8 Å². The molecule has 0 unspecified atom stereocenters. The van der Waals surface area contributed by atoms with Crippen molar-refractivity contribution in [2.24, 2.45) is 0 Å². The second kappa shape index (κ2) is 7.43. The molecular formula is C22H20FN3O3. The maximum Gasteiger partial charge on any atom is 0.262 e. The molecule has 2 aromatic carbocycles. The van der Waals surface area contributed by atoms with Crippen molar-refractivity contribution < 1.29 is 18.7 Å². The van der Waals surface area contributed by atoms with Crippen molar-refractivity contribution >= 4 is 17.3 Å². The molecule has 0 fully saturated rings. The van der Waals surface area contributed by atoms with Crippen molar-refractivity contribution in [3.05, 3.63) is 77.4 Å². The first-order valence-electron chi connectivity index (χ1n) is 9.06. The summed E-state index contributed by atoms with van der Waals surface area (Å²) in [5, 5.41) is 3.28. The van der Waals surface area contributed by atoms with Gasteiger partial charge in [-0.25, -0.2) is 4.39 Å². The number of carbonyl (C=O) groups excluding carboxylic acids is 1. The Morgan fingerprint density at radius 1 is 1.10 bits per heavy atom. The van der Waals surface area contributed by atoms with Gasteiger partial charge in [0, 0.05) is 18.0 Å². The number of nitrogens with one attached hydrogen (secondary N) is 1. The predicted octanol–water partition coefficient (Wildman–Crippen LogP) is 4.32. The molecule has 1 atom stereocenters. The molecule has 148 valence electrons. The predicted molar refractivity (Wildman–Crippen MR) is 108 cm³/mol. The average molecular weight is 393 g/mol. The molecule has 1 amide bonds. The summed E-state index contributed by atoms with van der Waals surface area (Å²) in [5.41, 5.74) is 2.99. The van der Waals surface area contributed by atoms with Crippen LogP contribution in [0.25, 0.3) is 0 Å². The Morgan fingerprint density at radius 2 is 1.93 bits per heavy atom. The summed E-state index contributed by atoms with van der Waals surface area (Å²) in [4.78, 5) is 19.3. The molecule has 1 aliphatic rings. The fourth-order valence-corrected chi connectivity index (χ4v) is 3.45. The second-order valence-corrected chi connectivity index (χ2v) is 6.66. The summed E-state index contributed by atoms with van der Waals surface area (Å²) in [6.45, 7) is 1.87. The van der Waals surface area contributed by atoms with Gasteiger partial charge < -0.3 is 14.8 Å². The molecule has 1 N–H and O–H groups in total. The van der Waals surface area contributed by atoms with Crippen LogP contribution < -0.4 is 19.7 Å². The van der Waals surface area contributed by atoms with Crippen LogP contribution >= 0.6 is 0 Å². The molecule has 0 spiro atoms. The molecule has 0 saturated heterocycles. The lowest BCUT2D eigenvalue weighted by Gasteiger charge is -2.28. The van der Waals surface area contributed by atoms with Crippen LogP contribution in [0.3, 0.4) is 0 Å². The standard InChI is InChI=1S/C22H20FN3O3/c1-13-6-7-14(23)11-17(13)25-21-20-16(5-4-10-24-20)22(27)26(21)18-12-15(28-2)8-9-19(18)29-3/h4-12,21,25H,1-3H3/t21-/m0/s1. The van der Waals surface area contributed by atoms with E-state index in [4.69, 9.17) is 9.47 Å². The zero-order valence-corrected chi connectivity index (χ0v) is 16.3. The molecule has 0 radical (unpaired) electrons. The fourth-order valence-electron chi connectivity index (χ4n) is 3.45. The summed E-state index contributed by atoms with van der Waals surface area (Å²) >= 11 is 0. The first kappa shape index (κ1) is 18.7. The summed E-state index contributed by atoms with van der Waals surface area (Å²) in [6.07, 6.45) is 0.992. The van der Waals surface area contributed by atoms with E-state index in [-0.39, 0.29) is 11.7 Å². The Kier molecular flexibility index (Phi) is 4.80. The summed E-state index contributed by atoms with van der Waals surface area (Å²) in [6, 6.07) is 13.2. The molecule has 7 heteroatoms. The number of hydrogen-bond donors (Lipinski definition) is 1. The van der Waals surface area contributed by atoms with Gasteiger partial charge in [-0.1, -0.05) is 6.07 Å². The minimum absolute atomic E-state index is 0.230. The van der Waals surface area contributed by atoms with Crippen molar-refractivity contribution in [3.8, 4) is 11.5 Å². The monoisotopic (exact) mass is 393 g/mol. The van der Waals surface area contributed by atoms with Crippen LogP contribution in [0.2, 0.25) is 0 Å². The Hall–Kier alpha value is -3.61. The molecular weight excluding hydrogens is 373 g/mol. The SMILES string of the molecule is COc1ccc(OC)c(N2C(=O)c3cccnc3[C@H]2Nc2cc(F)ccc2C)c1. The Labute approximate surface area is 167 Å². The number of methoxy groups -OCH3 is 2. The second-order valence-electron chi connectivity index (χ2n) is 6.66. The lowest BCUT2D eigenvalue weighted by molar-refractivity contribution is 0.0992. The van der Waals surface area contributed by atoms with Gasteiger partial charge >= 0.3 is 0 Å². The number of rotatable bonds is 5. The third kappa shape index (κ3) is 3.24. The molecule has 6 nitrogen and oxygen atoms in total. The van der Waals surface area contributed by atoms with E-state index in [1.807, 2.05) is 6.92 Å². The van der Waals surface area contributed by atoms with Crippen molar-refractivity contribution in [2.75, 3.05) is 24.4 Å². The lowest BCUT2D eigenvalue weighted by Crippen LogP contribution is -2.33. The molecule has 4 rings (SSSR count). The fraction of sp³-hybridized carbons (Fsp3) is 0.182.